The molecule has 0 spiro atoms. The molecule has 0 saturated carbocycles. The maximum absolute atomic E-state index is 14.0. The Bertz CT molecular complexity index is 900. The van der Waals surface area contributed by atoms with Crippen LogP contribution in [-0.4, -0.2) is 42.8 Å². The Morgan fingerprint density at radius 3 is 2.30 bits per heavy atom. The lowest BCUT2D eigenvalue weighted by atomic mass is 10.2. The third kappa shape index (κ3) is 3.69. The average molecular weight is 365 g/mol. The summed E-state index contributed by atoms with van der Waals surface area (Å²) in [6, 6.07) is 19.3. The van der Waals surface area contributed by atoms with E-state index in [1.54, 1.807) is 13.2 Å². The molecular weight excluding hydrogens is 341 g/mol. The molecule has 1 aromatic heterocycles. The normalized spacial score (nSPS) is 15.1. The lowest BCUT2D eigenvalue weighted by Gasteiger charge is -2.36. The van der Waals surface area contributed by atoms with Crippen LogP contribution in [0.1, 0.15) is 5.69 Å². The summed E-state index contributed by atoms with van der Waals surface area (Å²) in [6.45, 7) is 4.33. The molecule has 1 fully saturated rings. The lowest BCUT2D eigenvalue weighted by Crippen LogP contribution is -2.46. The van der Waals surface area contributed by atoms with E-state index in [0.29, 0.717) is 5.69 Å². The Morgan fingerprint density at radius 2 is 1.56 bits per heavy atom. The minimum atomic E-state index is -0.143. The van der Waals surface area contributed by atoms with Crippen LogP contribution < -0.4 is 9.64 Å². The summed E-state index contributed by atoms with van der Waals surface area (Å²) < 4.78 is 21.7. The second kappa shape index (κ2) is 7.84. The van der Waals surface area contributed by atoms with Gasteiger partial charge in [0.05, 0.1) is 18.5 Å². The van der Waals surface area contributed by atoms with Crippen molar-refractivity contribution in [1.82, 2.24) is 9.47 Å². The van der Waals surface area contributed by atoms with Gasteiger partial charge in [0, 0.05) is 44.6 Å². The summed E-state index contributed by atoms with van der Waals surface area (Å²) in [6.07, 6.45) is 2.07. The number of rotatable bonds is 5. The highest BCUT2D eigenvalue weighted by Crippen LogP contribution is 2.25. The van der Waals surface area contributed by atoms with Crippen LogP contribution in [0.5, 0.6) is 5.75 Å². The number of halogens is 1. The van der Waals surface area contributed by atoms with Gasteiger partial charge in [-0.15, -0.1) is 0 Å². The van der Waals surface area contributed by atoms with E-state index in [1.165, 1.54) is 11.8 Å². The second-order valence-corrected chi connectivity index (χ2v) is 6.76. The van der Waals surface area contributed by atoms with Crippen LogP contribution in [0.4, 0.5) is 10.1 Å². The zero-order chi connectivity index (χ0) is 18.6. The molecule has 3 aromatic rings. The number of hydrogen-bond donors (Lipinski definition) is 0. The van der Waals surface area contributed by atoms with Crippen LogP contribution in [-0.2, 0) is 6.54 Å². The van der Waals surface area contributed by atoms with Crippen molar-refractivity contribution in [3.8, 4) is 11.4 Å². The van der Waals surface area contributed by atoms with Gasteiger partial charge in [-0.25, -0.2) is 4.39 Å². The van der Waals surface area contributed by atoms with E-state index in [1.807, 2.05) is 30.3 Å². The first-order valence-corrected chi connectivity index (χ1v) is 9.28. The SMILES string of the molecule is COc1ccccc1-n1cccc1CN1CCN(c2ccccc2F)CC1. The van der Waals surface area contributed by atoms with Crippen LogP contribution in [0.3, 0.4) is 0 Å². The van der Waals surface area contributed by atoms with E-state index in [2.05, 4.69) is 38.8 Å². The summed E-state index contributed by atoms with van der Waals surface area (Å²) in [4.78, 5) is 4.55. The molecule has 1 aliphatic rings. The topological polar surface area (TPSA) is 20.6 Å². The molecule has 0 radical (unpaired) electrons. The highest BCUT2D eigenvalue weighted by molar-refractivity contribution is 5.49. The number of benzene rings is 2. The number of nitrogens with zero attached hydrogens (tertiary/aromatic N) is 3. The molecule has 4 rings (SSSR count). The standard InChI is InChI=1S/C22H24FN3O/c1-27-22-11-5-4-10-21(22)26-12-6-7-18(26)17-24-13-15-25(16-14-24)20-9-3-2-8-19(20)23/h2-12H,13-17H2,1H3. The maximum Gasteiger partial charge on any atom is 0.146 e. The molecule has 0 amide bonds. The van der Waals surface area contributed by atoms with E-state index in [4.69, 9.17) is 4.74 Å². The quantitative estimate of drug-likeness (QED) is 0.683. The highest BCUT2D eigenvalue weighted by atomic mass is 19.1. The fourth-order valence-electron chi connectivity index (χ4n) is 3.69. The molecule has 4 nitrogen and oxygen atoms in total. The predicted octanol–water partition coefficient (Wildman–Crippen LogP) is 3.95. The molecule has 140 valence electrons. The molecule has 0 unspecified atom stereocenters. The van der Waals surface area contributed by atoms with Gasteiger partial charge in [-0.1, -0.05) is 24.3 Å². The predicted molar refractivity (Wildman–Crippen MR) is 106 cm³/mol. The summed E-state index contributed by atoms with van der Waals surface area (Å²) in [7, 11) is 1.70. The summed E-state index contributed by atoms with van der Waals surface area (Å²) in [5, 5.41) is 0. The Kier molecular flexibility index (Phi) is 5.12. The van der Waals surface area contributed by atoms with E-state index in [9.17, 15) is 4.39 Å². The number of ether oxygens (including phenoxy) is 1. The number of para-hydroxylation sites is 3. The van der Waals surface area contributed by atoms with Crippen molar-refractivity contribution in [3.05, 3.63) is 78.4 Å². The van der Waals surface area contributed by atoms with Crippen molar-refractivity contribution in [2.75, 3.05) is 38.2 Å². The van der Waals surface area contributed by atoms with Gasteiger partial charge in [-0.3, -0.25) is 4.90 Å². The Balaban J connectivity index is 1.45. The van der Waals surface area contributed by atoms with E-state index < -0.39 is 0 Å². The summed E-state index contributed by atoms with van der Waals surface area (Å²) >= 11 is 0. The number of aromatic nitrogens is 1. The van der Waals surface area contributed by atoms with Gasteiger partial charge in [0.15, 0.2) is 0 Å². The fraction of sp³-hybridized carbons (Fsp3) is 0.273. The zero-order valence-electron chi connectivity index (χ0n) is 15.5. The minimum Gasteiger partial charge on any atom is -0.495 e. The van der Waals surface area contributed by atoms with Gasteiger partial charge in [-0.2, -0.15) is 0 Å². The van der Waals surface area contributed by atoms with Crippen molar-refractivity contribution in [3.63, 3.8) is 0 Å². The van der Waals surface area contributed by atoms with Gasteiger partial charge >= 0.3 is 0 Å². The van der Waals surface area contributed by atoms with Crippen molar-refractivity contribution >= 4 is 5.69 Å². The first-order chi connectivity index (χ1) is 13.3. The molecule has 0 atom stereocenters. The van der Waals surface area contributed by atoms with Crippen molar-refractivity contribution in [2.45, 2.75) is 6.54 Å². The van der Waals surface area contributed by atoms with Crippen LogP contribution in [0.25, 0.3) is 5.69 Å². The van der Waals surface area contributed by atoms with Crippen molar-refractivity contribution in [1.29, 1.82) is 0 Å². The number of anilines is 1. The van der Waals surface area contributed by atoms with Crippen molar-refractivity contribution < 1.29 is 9.13 Å². The second-order valence-electron chi connectivity index (χ2n) is 6.76. The van der Waals surface area contributed by atoms with Crippen LogP contribution in [0.15, 0.2) is 66.9 Å². The number of methoxy groups -OCH3 is 1. The molecule has 0 N–H and O–H groups in total. The van der Waals surface area contributed by atoms with Crippen molar-refractivity contribution in [2.24, 2.45) is 0 Å². The molecule has 1 saturated heterocycles. The van der Waals surface area contributed by atoms with Gasteiger partial charge in [0.25, 0.3) is 0 Å². The Labute approximate surface area is 159 Å². The van der Waals surface area contributed by atoms with Gasteiger partial charge in [0.1, 0.15) is 11.6 Å². The molecule has 0 bridgehead atoms. The van der Waals surface area contributed by atoms with Gasteiger partial charge < -0.3 is 14.2 Å². The molecule has 1 aliphatic heterocycles. The molecule has 27 heavy (non-hydrogen) atoms. The summed E-state index contributed by atoms with van der Waals surface area (Å²) in [5.74, 6) is 0.718. The van der Waals surface area contributed by atoms with E-state index in [-0.39, 0.29) is 5.82 Å². The zero-order valence-corrected chi connectivity index (χ0v) is 15.5. The van der Waals surface area contributed by atoms with Crippen LogP contribution >= 0.6 is 0 Å². The van der Waals surface area contributed by atoms with Crippen LogP contribution in [0, 0.1) is 5.82 Å². The maximum atomic E-state index is 14.0. The average Bonchev–Trinajstić information content (AvgIpc) is 3.17. The summed E-state index contributed by atoms with van der Waals surface area (Å²) in [5.41, 5.74) is 2.97. The first kappa shape index (κ1) is 17.6. The third-order valence-corrected chi connectivity index (χ3v) is 5.13. The Morgan fingerprint density at radius 1 is 0.852 bits per heavy atom. The fourth-order valence-corrected chi connectivity index (χ4v) is 3.69. The Hall–Kier alpha value is -2.79. The molecule has 0 aliphatic carbocycles. The molecule has 2 aromatic carbocycles. The van der Waals surface area contributed by atoms with E-state index >= 15 is 0 Å². The monoisotopic (exact) mass is 365 g/mol. The molecule has 5 heteroatoms. The van der Waals surface area contributed by atoms with Crippen LogP contribution in [0.2, 0.25) is 0 Å². The highest BCUT2D eigenvalue weighted by Gasteiger charge is 2.20. The lowest BCUT2D eigenvalue weighted by molar-refractivity contribution is 0.245. The third-order valence-electron chi connectivity index (χ3n) is 5.13. The molecular formula is C22H24FN3O. The minimum absolute atomic E-state index is 0.143. The largest absolute Gasteiger partial charge is 0.495 e. The van der Waals surface area contributed by atoms with Gasteiger partial charge in [0.2, 0.25) is 0 Å². The first-order valence-electron chi connectivity index (χ1n) is 9.28. The van der Waals surface area contributed by atoms with E-state index in [0.717, 1.165) is 44.2 Å². The van der Waals surface area contributed by atoms with Gasteiger partial charge in [-0.05, 0) is 36.4 Å². The number of hydrogen-bond acceptors (Lipinski definition) is 3. The molecule has 2 heterocycles. The smallest absolute Gasteiger partial charge is 0.146 e. The number of piperazine rings is 1.